The Balaban J connectivity index is 1.60. The first-order chi connectivity index (χ1) is 11.7. The molecule has 0 aromatic carbocycles. The second kappa shape index (κ2) is 7.67. The minimum atomic E-state index is -0.135. The van der Waals surface area contributed by atoms with Gasteiger partial charge in [-0.1, -0.05) is 6.92 Å². The molecule has 1 aliphatic rings. The van der Waals surface area contributed by atoms with Gasteiger partial charge in [0.15, 0.2) is 11.5 Å². The number of anilines is 1. The first kappa shape index (κ1) is 16.8. The van der Waals surface area contributed by atoms with Crippen molar-refractivity contribution in [3.8, 4) is 0 Å². The molecule has 1 aliphatic heterocycles. The molecule has 3 heterocycles. The molecule has 0 radical (unpaired) electrons. The molecule has 1 fully saturated rings. The van der Waals surface area contributed by atoms with Gasteiger partial charge in [0.1, 0.15) is 0 Å². The topological polar surface area (TPSA) is 88.2 Å². The van der Waals surface area contributed by atoms with E-state index in [0.29, 0.717) is 13.1 Å². The fourth-order valence-corrected chi connectivity index (χ4v) is 3.54. The van der Waals surface area contributed by atoms with E-state index in [0.717, 1.165) is 38.2 Å². The Morgan fingerprint density at radius 1 is 1.25 bits per heavy atom. The predicted octanol–water partition coefficient (Wildman–Crippen LogP) is 1.43. The smallest absolute Gasteiger partial charge is 0.276 e. The van der Waals surface area contributed by atoms with Crippen LogP contribution in [-0.2, 0) is 13.0 Å². The Hall–Kier alpha value is -2.06. The predicted molar refractivity (Wildman–Crippen MR) is 93.7 cm³/mol. The third kappa shape index (κ3) is 3.88. The normalized spacial score (nSPS) is 16.1. The number of hydrogen-bond acceptors (Lipinski definition) is 7. The van der Waals surface area contributed by atoms with Crippen molar-refractivity contribution >= 4 is 23.1 Å². The fourth-order valence-electron chi connectivity index (χ4n) is 2.81. The molecule has 24 heavy (non-hydrogen) atoms. The van der Waals surface area contributed by atoms with E-state index in [1.165, 1.54) is 17.4 Å². The summed E-state index contributed by atoms with van der Waals surface area (Å²) >= 11 is 1.72. The molecule has 0 bridgehead atoms. The standard InChI is InChI=1S/C16H22N6OS/c1-2-13-20-12(11-24-13)10-21-6-3-7-22(9-8-21)16(23)14-15(17)19-5-4-18-14/h4-5,11H,2-3,6-10H2,1H3,(H2,17,19). The largest absolute Gasteiger partial charge is 0.382 e. The van der Waals surface area contributed by atoms with Gasteiger partial charge in [-0.3, -0.25) is 9.69 Å². The maximum absolute atomic E-state index is 12.6. The second-order valence-electron chi connectivity index (χ2n) is 5.80. The Morgan fingerprint density at radius 3 is 2.83 bits per heavy atom. The van der Waals surface area contributed by atoms with Crippen LogP contribution in [0.1, 0.15) is 34.5 Å². The average molecular weight is 346 g/mol. The maximum atomic E-state index is 12.6. The summed E-state index contributed by atoms with van der Waals surface area (Å²) in [7, 11) is 0. The molecular formula is C16H22N6OS. The van der Waals surface area contributed by atoms with Crippen molar-refractivity contribution in [2.75, 3.05) is 31.9 Å². The third-order valence-corrected chi connectivity index (χ3v) is 5.13. The van der Waals surface area contributed by atoms with E-state index >= 15 is 0 Å². The van der Waals surface area contributed by atoms with Gasteiger partial charge in [-0.05, 0) is 12.8 Å². The van der Waals surface area contributed by atoms with Gasteiger partial charge in [-0.15, -0.1) is 11.3 Å². The first-order valence-electron chi connectivity index (χ1n) is 8.18. The number of aryl methyl sites for hydroxylation is 1. The molecule has 0 saturated carbocycles. The molecule has 1 amide bonds. The van der Waals surface area contributed by atoms with Crippen molar-refractivity contribution in [2.24, 2.45) is 0 Å². The van der Waals surface area contributed by atoms with E-state index in [1.807, 2.05) is 4.90 Å². The van der Waals surface area contributed by atoms with Crippen LogP contribution in [0.4, 0.5) is 5.82 Å². The number of nitrogen functional groups attached to an aromatic ring is 1. The molecule has 2 aromatic heterocycles. The molecule has 2 aromatic rings. The van der Waals surface area contributed by atoms with Crippen LogP contribution in [0.3, 0.4) is 0 Å². The van der Waals surface area contributed by atoms with E-state index in [2.05, 4.69) is 32.2 Å². The molecule has 2 N–H and O–H groups in total. The number of hydrogen-bond donors (Lipinski definition) is 1. The summed E-state index contributed by atoms with van der Waals surface area (Å²) in [5.74, 6) is 0.0579. The van der Waals surface area contributed by atoms with Crippen molar-refractivity contribution in [1.82, 2.24) is 24.8 Å². The number of nitrogens with two attached hydrogens (primary N) is 1. The second-order valence-corrected chi connectivity index (χ2v) is 6.74. The van der Waals surface area contributed by atoms with Gasteiger partial charge in [0, 0.05) is 50.5 Å². The number of thiazole rings is 1. The summed E-state index contributed by atoms with van der Waals surface area (Å²) in [5.41, 5.74) is 7.14. The maximum Gasteiger partial charge on any atom is 0.276 e. The lowest BCUT2D eigenvalue weighted by Crippen LogP contribution is -2.36. The monoisotopic (exact) mass is 346 g/mol. The van der Waals surface area contributed by atoms with Crippen molar-refractivity contribution in [2.45, 2.75) is 26.3 Å². The van der Waals surface area contributed by atoms with Crippen molar-refractivity contribution in [3.63, 3.8) is 0 Å². The number of amides is 1. The lowest BCUT2D eigenvalue weighted by atomic mass is 10.3. The van der Waals surface area contributed by atoms with E-state index in [9.17, 15) is 4.79 Å². The van der Waals surface area contributed by atoms with Crippen LogP contribution in [0, 0.1) is 0 Å². The van der Waals surface area contributed by atoms with E-state index in [1.54, 1.807) is 11.3 Å². The number of rotatable bonds is 4. The van der Waals surface area contributed by atoms with E-state index < -0.39 is 0 Å². The van der Waals surface area contributed by atoms with Crippen molar-refractivity contribution < 1.29 is 4.79 Å². The summed E-state index contributed by atoms with van der Waals surface area (Å²) in [6.07, 6.45) is 4.90. The zero-order valence-electron chi connectivity index (χ0n) is 13.8. The van der Waals surface area contributed by atoms with Gasteiger partial charge in [0.05, 0.1) is 10.7 Å². The number of nitrogens with zero attached hydrogens (tertiary/aromatic N) is 5. The summed E-state index contributed by atoms with van der Waals surface area (Å²) in [6, 6.07) is 0. The molecule has 128 valence electrons. The average Bonchev–Trinajstić information content (AvgIpc) is 2.92. The zero-order chi connectivity index (χ0) is 16.9. The van der Waals surface area contributed by atoms with Gasteiger partial charge in [0.25, 0.3) is 5.91 Å². The Labute approximate surface area is 145 Å². The highest BCUT2D eigenvalue weighted by molar-refractivity contribution is 7.09. The van der Waals surface area contributed by atoms with Crippen LogP contribution in [-0.4, -0.2) is 56.8 Å². The third-order valence-electron chi connectivity index (χ3n) is 4.09. The van der Waals surface area contributed by atoms with Crippen molar-refractivity contribution in [3.05, 3.63) is 34.2 Å². The minimum absolute atomic E-state index is 0.135. The van der Waals surface area contributed by atoms with Gasteiger partial charge >= 0.3 is 0 Å². The zero-order valence-corrected chi connectivity index (χ0v) is 14.6. The molecule has 0 atom stereocenters. The van der Waals surface area contributed by atoms with Crippen LogP contribution >= 0.6 is 11.3 Å². The van der Waals surface area contributed by atoms with E-state index in [-0.39, 0.29) is 17.4 Å². The highest BCUT2D eigenvalue weighted by atomic mass is 32.1. The molecule has 0 aliphatic carbocycles. The van der Waals surface area contributed by atoms with Crippen LogP contribution in [0.25, 0.3) is 0 Å². The van der Waals surface area contributed by atoms with Gasteiger partial charge in [-0.25, -0.2) is 15.0 Å². The highest BCUT2D eigenvalue weighted by Crippen LogP contribution is 2.15. The van der Waals surface area contributed by atoms with Gasteiger partial charge < -0.3 is 10.6 Å². The quantitative estimate of drug-likeness (QED) is 0.901. The van der Waals surface area contributed by atoms with E-state index in [4.69, 9.17) is 5.73 Å². The lowest BCUT2D eigenvalue weighted by molar-refractivity contribution is 0.0756. The fraction of sp³-hybridized carbons (Fsp3) is 0.500. The molecule has 1 saturated heterocycles. The Morgan fingerprint density at radius 2 is 2.08 bits per heavy atom. The molecule has 7 nitrogen and oxygen atoms in total. The van der Waals surface area contributed by atoms with Crippen molar-refractivity contribution in [1.29, 1.82) is 0 Å². The van der Waals surface area contributed by atoms with Crippen LogP contribution < -0.4 is 5.73 Å². The molecule has 0 unspecified atom stereocenters. The van der Waals surface area contributed by atoms with Gasteiger partial charge in [0.2, 0.25) is 0 Å². The number of carbonyl (C=O) groups excluding carboxylic acids is 1. The molecule has 3 rings (SSSR count). The Bertz CT molecular complexity index is 703. The SMILES string of the molecule is CCc1nc(CN2CCCN(C(=O)c3nccnc3N)CC2)cs1. The molecule has 8 heteroatoms. The Kier molecular flexibility index (Phi) is 5.37. The van der Waals surface area contributed by atoms with Crippen LogP contribution in [0.2, 0.25) is 0 Å². The van der Waals surface area contributed by atoms with Crippen LogP contribution in [0.15, 0.2) is 17.8 Å². The highest BCUT2D eigenvalue weighted by Gasteiger charge is 2.23. The van der Waals surface area contributed by atoms with Gasteiger partial charge in [-0.2, -0.15) is 0 Å². The van der Waals surface area contributed by atoms with Crippen LogP contribution in [0.5, 0.6) is 0 Å². The summed E-state index contributed by atoms with van der Waals surface area (Å²) < 4.78 is 0. The summed E-state index contributed by atoms with van der Waals surface area (Å²) in [6.45, 7) is 6.12. The first-order valence-corrected chi connectivity index (χ1v) is 9.06. The summed E-state index contributed by atoms with van der Waals surface area (Å²) in [5, 5.41) is 3.31. The lowest BCUT2D eigenvalue weighted by Gasteiger charge is -2.21. The number of carbonyl (C=O) groups is 1. The molecule has 0 spiro atoms. The minimum Gasteiger partial charge on any atom is -0.382 e. The number of aromatic nitrogens is 3. The summed E-state index contributed by atoms with van der Waals surface area (Å²) in [4.78, 5) is 29.4. The molecular weight excluding hydrogens is 324 g/mol.